The molecule has 0 unspecified atom stereocenters. The Kier molecular flexibility index (Phi) is 6.42. The predicted molar refractivity (Wildman–Crippen MR) is 101 cm³/mol. The van der Waals surface area contributed by atoms with Gasteiger partial charge in [-0.1, -0.05) is 6.07 Å². The van der Waals surface area contributed by atoms with Gasteiger partial charge in [0.05, 0.1) is 19.1 Å². The fraction of sp³-hybridized carbons (Fsp3) is 0.278. The summed E-state index contributed by atoms with van der Waals surface area (Å²) in [5.74, 6) is 1.30. The van der Waals surface area contributed by atoms with Gasteiger partial charge in [0.15, 0.2) is 17.3 Å². The van der Waals surface area contributed by atoms with Gasteiger partial charge in [0, 0.05) is 23.7 Å². The molecule has 1 aromatic heterocycles. The maximum absolute atomic E-state index is 12.4. The SMILES string of the molecule is COc1cc2c(Nc3cccc(OC(F)(F)F)c3)nnnc2cc1OCCCCl. The zero-order valence-corrected chi connectivity index (χ0v) is 15.9. The summed E-state index contributed by atoms with van der Waals surface area (Å²) in [6.45, 7) is 0.404. The van der Waals surface area contributed by atoms with E-state index in [-0.39, 0.29) is 11.6 Å². The van der Waals surface area contributed by atoms with Crippen molar-refractivity contribution < 1.29 is 27.4 Å². The zero-order chi connectivity index (χ0) is 20.9. The topological polar surface area (TPSA) is 78.4 Å². The van der Waals surface area contributed by atoms with E-state index in [0.29, 0.717) is 47.0 Å². The quantitative estimate of drug-likeness (QED) is 0.412. The van der Waals surface area contributed by atoms with E-state index in [1.165, 1.54) is 25.3 Å². The smallest absolute Gasteiger partial charge is 0.493 e. The monoisotopic (exact) mass is 428 g/mol. The van der Waals surface area contributed by atoms with Crippen LogP contribution in [0, 0.1) is 0 Å². The number of halogens is 4. The fourth-order valence-corrected chi connectivity index (χ4v) is 2.61. The lowest BCUT2D eigenvalue weighted by Gasteiger charge is -2.13. The molecule has 29 heavy (non-hydrogen) atoms. The van der Waals surface area contributed by atoms with Gasteiger partial charge < -0.3 is 19.5 Å². The molecular weight excluding hydrogens is 413 g/mol. The molecule has 11 heteroatoms. The van der Waals surface area contributed by atoms with Gasteiger partial charge in [-0.2, -0.15) is 0 Å². The first kappa shape index (κ1) is 20.7. The number of hydrogen-bond donors (Lipinski definition) is 1. The van der Waals surface area contributed by atoms with Gasteiger partial charge in [-0.3, -0.25) is 0 Å². The third-order valence-corrected chi connectivity index (χ3v) is 3.97. The molecule has 7 nitrogen and oxygen atoms in total. The summed E-state index contributed by atoms with van der Waals surface area (Å²) in [6, 6.07) is 8.68. The highest BCUT2D eigenvalue weighted by Crippen LogP contribution is 2.35. The van der Waals surface area contributed by atoms with Crippen LogP contribution in [0.15, 0.2) is 36.4 Å². The Morgan fingerprint density at radius 3 is 2.66 bits per heavy atom. The van der Waals surface area contributed by atoms with Crippen LogP contribution in [0.3, 0.4) is 0 Å². The van der Waals surface area contributed by atoms with Crippen LogP contribution in [-0.4, -0.2) is 41.4 Å². The highest BCUT2D eigenvalue weighted by Gasteiger charge is 2.31. The first-order valence-electron chi connectivity index (χ1n) is 8.42. The molecule has 0 spiro atoms. The van der Waals surface area contributed by atoms with Crippen LogP contribution >= 0.6 is 11.6 Å². The third-order valence-electron chi connectivity index (χ3n) is 3.70. The fourth-order valence-electron chi connectivity index (χ4n) is 2.50. The lowest BCUT2D eigenvalue weighted by atomic mass is 10.2. The molecule has 0 amide bonds. The lowest BCUT2D eigenvalue weighted by Crippen LogP contribution is -2.17. The molecule has 0 radical (unpaired) electrons. The Bertz CT molecular complexity index is 988. The predicted octanol–water partition coefficient (Wildman–Crippen LogP) is 4.68. The van der Waals surface area contributed by atoms with E-state index in [1.807, 2.05) is 0 Å². The van der Waals surface area contributed by atoms with Crippen molar-refractivity contribution in [1.82, 2.24) is 15.4 Å². The number of nitrogens with zero attached hydrogens (tertiary/aromatic N) is 3. The standard InChI is InChI=1S/C18H16ClF3N4O3/c1-27-15-9-13-14(10-16(15)28-7-3-6-19)24-26-25-17(13)23-11-4-2-5-12(8-11)29-18(20,21)22/h2,4-5,8-10H,3,6-7H2,1H3,(H,23,24,25). The van der Waals surface area contributed by atoms with Crippen LogP contribution in [0.2, 0.25) is 0 Å². The normalized spacial score (nSPS) is 11.3. The van der Waals surface area contributed by atoms with E-state index in [4.69, 9.17) is 21.1 Å². The number of hydrogen-bond acceptors (Lipinski definition) is 7. The molecular formula is C18H16ClF3N4O3. The minimum atomic E-state index is -4.78. The van der Waals surface area contributed by atoms with Crippen LogP contribution in [0.4, 0.5) is 24.7 Å². The van der Waals surface area contributed by atoms with Gasteiger partial charge in [0.25, 0.3) is 0 Å². The summed E-state index contributed by atoms with van der Waals surface area (Å²) in [5.41, 5.74) is 0.793. The molecule has 0 atom stereocenters. The minimum Gasteiger partial charge on any atom is -0.493 e. The van der Waals surface area contributed by atoms with Crippen LogP contribution < -0.4 is 19.5 Å². The van der Waals surface area contributed by atoms with Crippen LogP contribution in [0.5, 0.6) is 17.2 Å². The molecule has 0 fully saturated rings. The van der Waals surface area contributed by atoms with Crippen LogP contribution in [0.25, 0.3) is 10.9 Å². The van der Waals surface area contributed by atoms with Crippen molar-refractivity contribution in [2.24, 2.45) is 0 Å². The van der Waals surface area contributed by atoms with Crippen molar-refractivity contribution in [3.8, 4) is 17.2 Å². The molecule has 2 aromatic carbocycles. The van der Waals surface area contributed by atoms with Crippen molar-refractivity contribution in [2.75, 3.05) is 24.9 Å². The van der Waals surface area contributed by atoms with Gasteiger partial charge in [0.2, 0.25) is 0 Å². The second kappa shape index (κ2) is 8.99. The molecule has 1 N–H and O–H groups in total. The number of alkyl halides is 4. The molecule has 0 bridgehead atoms. The first-order valence-corrected chi connectivity index (χ1v) is 8.96. The molecule has 0 aliphatic carbocycles. The number of anilines is 2. The third kappa shape index (κ3) is 5.50. The molecule has 0 aliphatic heterocycles. The molecule has 3 rings (SSSR count). The molecule has 0 saturated heterocycles. The van der Waals surface area contributed by atoms with Crippen molar-refractivity contribution >= 4 is 34.0 Å². The van der Waals surface area contributed by atoms with Crippen molar-refractivity contribution in [1.29, 1.82) is 0 Å². The maximum Gasteiger partial charge on any atom is 0.573 e. The van der Waals surface area contributed by atoms with Crippen LogP contribution in [0.1, 0.15) is 6.42 Å². The van der Waals surface area contributed by atoms with Gasteiger partial charge >= 0.3 is 6.36 Å². The highest BCUT2D eigenvalue weighted by molar-refractivity contribution is 6.17. The number of rotatable bonds is 8. The Balaban J connectivity index is 1.91. The van der Waals surface area contributed by atoms with Crippen molar-refractivity contribution in [2.45, 2.75) is 12.8 Å². The van der Waals surface area contributed by atoms with Gasteiger partial charge in [-0.15, -0.1) is 35.0 Å². The van der Waals surface area contributed by atoms with E-state index in [1.54, 1.807) is 18.2 Å². The Morgan fingerprint density at radius 2 is 1.93 bits per heavy atom. The Morgan fingerprint density at radius 1 is 1.10 bits per heavy atom. The van der Waals surface area contributed by atoms with Crippen LogP contribution in [-0.2, 0) is 0 Å². The van der Waals surface area contributed by atoms with Crippen molar-refractivity contribution in [3.05, 3.63) is 36.4 Å². The largest absolute Gasteiger partial charge is 0.573 e. The Labute approximate surface area is 168 Å². The number of aromatic nitrogens is 3. The summed E-state index contributed by atoms with van der Waals surface area (Å²) < 4.78 is 52.2. The number of ether oxygens (including phenoxy) is 3. The van der Waals surface area contributed by atoms with E-state index >= 15 is 0 Å². The van der Waals surface area contributed by atoms with E-state index in [9.17, 15) is 13.2 Å². The Hall–Kier alpha value is -3.01. The highest BCUT2D eigenvalue weighted by atomic mass is 35.5. The number of benzene rings is 2. The average Bonchev–Trinajstić information content (AvgIpc) is 2.67. The van der Waals surface area contributed by atoms with E-state index in [0.717, 1.165) is 0 Å². The van der Waals surface area contributed by atoms with Gasteiger partial charge in [-0.05, 0) is 29.8 Å². The second-order valence-electron chi connectivity index (χ2n) is 5.75. The zero-order valence-electron chi connectivity index (χ0n) is 15.2. The second-order valence-corrected chi connectivity index (χ2v) is 6.13. The van der Waals surface area contributed by atoms with Gasteiger partial charge in [-0.25, -0.2) is 0 Å². The summed E-state index contributed by atoms with van der Waals surface area (Å²) in [4.78, 5) is 0. The van der Waals surface area contributed by atoms with Crippen molar-refractivity contribution in [3.63, 3.8) is 0 Å². The average molecular weight is 429 g/mol. The summed E-state index contributed by atoms with van der Waals surface area (Å²) in [5, 5.41) is 15.1. The number of methoxy groups -OCH3 is 1. The molecule has 0 saturated carbocycles. The molecule has 154 valence electrons. The maximum atomic E-state index is 12.4. The summed E-state index contributed by atoms with van der Waals surface area (Å²) >= 11 is 5.66. The molecule has 0 aliphatic rings. The van der Waals surface area contributed by atoms with E-state index < -0.39 is 6.36 Å². The molecule has 3 aromatic rings. The minimum absolute atomic E-state index is 0.282. The summed E-state index contributed by atoms with van der Waals surface area (Å²) in [6.07, 6.45) is -4.12. The summed E-state index contributed by atoms with van der Waals surface area (Å²) in [7, 11) is 1.49. The molecule has 1 heterocycles. The number of nitrogens with one attached hydrogen (secondary N) is 1. The number of fused-ring (bicyclic) bond motifs is 1. The van der Waals surface area contributed by atoms with Gasteiger partial charge in [0.1, 0.15) is 11.3 Å². The lowest BCUT2D eigenvalue weighted by molar-refractivity contribution is -0.274. The first-order chi connectivity index (χ1) is 13.9. The van der Waals surface area contributed by atoms with E-state index in [2.05, 4.69) is 25.5 Å².